The third kappa shape index (κ3) is 1.88. The Morgan fingerprint density at radius 2 is 2.11 bits per heavy atom. The molecule has 0 unspecified atom stereocenters. The Morgan fingerprint density at radius 1 is 1.28 bits per heavy atom. The van der Waals surface area contributed by atoms with Crippen LogP contribution in [0.2, 0.25) is 0 Å². The number of benzene rings is 1. The number of imidazole rings is 1. The molecule has 3 aromatic rings. The fourth-order valence-electron chi connectivity index (χ4n) is 1.85. The van der Waals surface area contributed by atoms with Gasteiger partial charge in [-0.3, -0.25) is 0 Å². The quantitative estimate of drug-likeness (QED) is 0.708. The molecule has 0 fully saturated rings. The summed E-state index contributed by atoms with van der Waals surface area (Å²) >= 11 is 0. The molecule has 0 N–H and O–H groups in total. The molecule has 0 atom stereocenters. The van der Waals surface area contributed by atoms with Crippen LogP contribution in [0.3, 0.4) is 0 Å². The minimum Gasteiger partial charge on any atom is -0.337 e. The number of hydrogen-bond donors (Lipinski definition) is 0. The van der Waals surface area contributed by atoms with Gasteiger partial charge in [0.05, 0.1) is 17.4 Å². The van der Waals surface area contributed by atoms with Crippen molar-refractivity contribution in [3.63, 3.8) is 0 Å². The summed E-state index contributed by atoms with van der Waals surface area (Å²) in [5.74, 6) is 1.64. The van der Waals surface area contributed by atoms with E-state index in [0.717, 1.165) is 16.9 Å². The van der Waals surface area contributed by atoms with Gasteiger partial charge in [0.25, 0.3) is 0 Å². The third-order valence-corrected chi connectivity index (χ3v) is 2.83. The zero-order chi connectivity index (χ0) is 12.5. The van der Waals surface area contributed by atoms with Crippen LogP contribution in [-0.4, -0.2) is 19.7 Å². The van der Waals surface area contributed by atoms with E-state index in [0.29, 0.717) is 12.4 Å². The number of aromatic nitrogens is 4. The Kier molecular flexibility index (Phi) is 2.59. The van der Waals surface area contributed by atoms with E-state index in [1.165, 1.54) is 0 Å². The molecule has 0 saturated carbocycles. The molecule has 0 saturated heterocycles. The Hall–Kier alpha value is -2.17. The normalized spacial score (nSPS) is 11.5. The first-order chi connectivity index (χ1) is 8.74. The van der Waals surface area contributed by atoms with Crippen LogP contribution >= 0.6 is 0 Å². The average Bonchev–Trinajstić information content (AvgIpc) is 2.98. The van der Waals surface area contributed by atoms with E-state index in [4.69, 9.17) is 4.52 Å². The second kappa shape index (κ2) is 4.25. The third-order valence-electron chi connectivity index (χ3n) is 2.83. The van der Waals surface area contributed by atoms with Gasteiger partial charge in [0.2, 0.25) is 5.89 Å². The zero-order valence-corrected chi connectivity index (χ0v) is 10.4. The van der Waals surface area contributed by atoms with Crippen molar-refractivity contribution in [2.24, 2.45) is 0 Å². The molecular formula is C13H14N4O. The van der Waals surface area contributed by atoms with Gasteiger partial charge in [-0.25, -0.2) is 4.98 Å². The lowest BCUT2D eigenvalue weighted by atomic mass is 10.2. The van der Waals surface area contributed by atoms with Crippen LogP contribution in [0.25, 0.3) is 11.0 Å². The molecule has 0 aliphatic rings. The minimum atomic E-state index is 0.280. The van der Waals surface area contributed by atoms with Crippen LogP contribution in [-0.2, 0) is 6.54 Å². The van der Waals surface area contributed by atoms with Crippen LogP contribution in [0.15, 0.2) is 35.1 Å². The maximum Gasteiger partial charge on any atom is 0.246 e. The van der Waals surface area contributed by atoms with Crippen LogP contribution in [0, 0.1) is 0 Å². The van der Waals surface area contributed by atoms with E-state index in [1.807, 2.05) is 42.7 Å². The number of nitrogens with zero attached hydrogens (tertiary/aromatic N) is 4. The number of rotatable bonds is 3. The summed E-state index contributed by atoms with van der Waals surface area (Å²) in [5.41, 5.74) is 2.04. The van der Waals surface area contributed by atoms with Gasteiger partial charge in [0.15, 0.2) is 5.82 Å². The molecule has 0 bridgehead atoms. The van der Waals surface area contributed by atoms with Gasteiger partial charge < -0.3 is 9.09 Å². The molecule has 0 radical (unpaired) electrons. The first kappa shape index (κ1) is 11.0. The first-order valence-corrected chi connectivity index (χ1v) is 5.96. The van der Waals surface area contributed by atoms with Crippen LogP contribution in [0.4, 0.5) is 0 Å². The van der Waals surface area contributed by atoms with Crippen molar-refractivity contribution in [1.29, 1.82) is 0 Å². The molecule has 0 amide bonds. The van der Waals surface area contributed by atoms with Gasteiger partial charge >= 0.3 is 0 Å². The number of fused-ring (bicyclic) bond motifs is 1. The molecule has 3 rings (SSSR count). The second-order valence-corrected chi connectivity index (χ2v) is 4.56. The molecule has 18 heavy (non-hydrogen) atoms. The summed E-state index contributed by atoms with van der Waals surface area (Å²) in [4.78, 5) is 8.69. The predicted octanol–water partition coefficient (Wildman–Crippen LogP) is 2.59. The van der Waals surface area contributed by atoms with E-state index in [-0.39, 0.29) is 5.92 Å². The maximum atomic E-state index is 5.24. The van der Waals surface area contributed by atoms with Gasteiger partial charge in [-0.2, -0.15) is 4.98 Å². The SMILES string of the molecule is CC(C)c1noc(Cn2cnc3ccccc32)n1. The zero-order valence-electron chi connectivity index (χ0n) is 10.4. The lowest BCUT2D eigenvalue weighted by Crippen LogP contribution is -1.98. The molecular weight excluding hydrogens is 228 g/mol. The van der Waals surface area contributed by atoms with Crippen molar-refractivity contribution < 1.29 is 4.52 Å². The molecule has 1 aromatic carbocycles. The highest BCUT2D eigenvalue weighted by Crippen LogP contribution is 2.15. The molecule has 5 heteroatoms. The topological polar surface area (TPSA) is 56.7 Å². The summed E-state index contributed by atoms with van der Waals surface area (Å²) < 4.78 is 7.25. The maximum absolute atomic E-state index is 5.24. The number of para-hydroxylation sites is 2. The van der Waals surface area contributed by atoms with Crippen LogP contribution in [0.5, 0.6) is 0 Å². The van der Waals surface area contributed by atoms with Gasteiger partial charge in [-0.15, -0.1) is 0 Å². The Bertz CT molecular complexity index is 668. The highest BCUT2D eigenvalue weighted by Gasteiger charge is 2.11. The fourth-order valence-corrected chi connectivity index (χ4v) is 1.85. The van der Waals surface area contributed by atoms with Crippen molar-refractivity contribution in [2.75, 3.05) is 0 Å². The van der Waals surface area contributed by atoms with E-state index < -0.39 is 0 Å². The van der Waals surface area contributed by atoms with Crippen LogP contribution < -0.4 is 0 Å². The van der Waals surface area contributed by atoms with Crippen molar-refractivity contribution in [1.82, 2.24) is 19.7 Å². The van der Waals surface area contributed by atoms with Crippen molar-refractivity contribution in [3.05, 3.63) is 42.3 Å². The standard InChI is InChI=1S/C13H14N4O/c1-9(2)13-15-12(18-16-13)7-17-8-14-10-5-3-4-6-11(10)17/h3-6,8-9H,7H2,1-2H3. The lowest BCUT2D eigenvalue weighted by Gasteiger charge is -1.99. The summed E-state index contributed by atoms with van der Waals surface area (Å²) in [5, 5.41) is 3.96. The van der Waals surface area contributed by atoms with E-state index in [9.17, 15) is 0 Å². The summed E-state index contributed by atoms with van der Waals surface area (Å²) in [7, 11) is 0. The molecule has 0 spiro atoms. The van der Waals surface area contributed by atoms with Crippen molar-refractivity contribution >= 4 is 11.0 Å². The van der Waals surface area contributed by atoms with Gasteiger partial charge in [0, 0.05) is 5.92 Å². The van der Waals surface area contributed by atoms with Crippen LogP contribution in [0.1, 0.15) is 31.5 Å². The highest BCUT2D eigenvalue weighted by atomic mass is 16.5. The van der Waals surface area contributed by atoms with E-state index >= 15 is 0 Å². The average molecular weight is 242 g/mol. The highest BCUT2D eigenvalue weighted by molar-refractivity contribution is 5.74. The van der Waals surface area contributed by atoms with Gasteiger partial charge in [-0.05, 0) is 12.1 Å². The summed E-state index contributed by atoms with van der Waals surface area (Å²) in [6, 6.07) is 7.98. The second-order valence-electron chi connectivity index (χ2n) is 4.56. The Balaban J connectivity index is 1.91. The largest absolute Gasteiger partial charge is 0.337 e. The van der Waals surface area contributed by atoms with Crippen molar-refractivity contribution in [3.8, 4) is 0 Å². The Morgan fingerprint density at radius 3 is 2.89 bits per heavy atom. The first-order valence-electron chi connectivity index (χ1n) is 5.96. The molecule has 2 aromatic heterocycles. The summed E-state index contributed by atoms with van der Waals surface area (Å²) in [6.07, 6.45) is 1.80. The van der Waals surface area contributed by atoms with E-state index in [2.05, 4.69) is 15.1 Å². The van der Waals surface area contributed by atoms with Gasteiger partial charge in [-0.1, -0.05) is 31.1 Å². The molecule has 5 nitrogen and oxygen atoms in total. The van der Waals surface area contributed by atoms with Crippen molar-refractivity contribution in [2.45, 2.75) is 26.3 Å². The molecule has 2 heterocycles. The molecule has 0 aliphatic heterocycles. The monoisotopic (exact) mass is 242 g/mol. The lowest BCUT2D eigenvalue weighted by molar-refractivity contribution is 0.365. The molecule has 0 aliphatic carbocycles. The van der Waals surface area contributed by atoms with Gasteiger partial charge in [0.1, 0.15) is 6.54 Å². The smallest absolute Gasteiger partial charge is 0.246 e. The number of hydrogen-bond acceptors (Lipinski definition) is 4. The molecule has 92 valence electrons. The van der Waals surface area contributed by atoms with E-state index in [1.54, 1.807) is 6.33 Å². The Labute approximate surface area is 104 Å². The predicted molar refractivity (Wildman–Crippen MR) is 67.2 cm³/mol. The minimum absolute atomic E-state index is 0.280. The summed E-state index contributed by atoms with van der Waals surface area (Å²) in [6.45, 7) is 4.64. The fraction of sp³-hybridized carbons (Fsp3) is 0.308.